The number of carbonyl (C=O) groups is 2. The molecule has 2 aromatic carbocycles. The van der Waals surface area contributed by atoms with Crippen LogP contribution >= 0.6 is 0 Å². The number of hydrogen-bond acceptors (Lipinski definition) is 5. The van der Waals surface area contributed by atoms with Crippen LogP contribution in [0.4, 0.5) is 18.9 Å². The lowest BCUT2D eigenvalue weighted by molar-refractivity contribution is -0.123. The zero-order valence-corrected chi connectivity index (χ0v) is 16.9. The zero-order chi connectivity index (χ0) is 23.5. The highest BCUT2D eigenvalue weighted by Crippen LogP contribution is 2.19. The molecule has 1 aromatic heterocycles. The van der Waals surface area contributed by atoms with Crippen molar-refractivity contribution in [2.24, 2.45) is 5.73 Å². The third-order valence-corrected chi connectivity index (χ3v) is 5.46. The van der Waals surface area contributed by atoms with Gasteiger partial charge in [0.05, 0.1) is 10.6 Å². The molecule has 0 unspecified atom stereocenters. The molecule has 0 aliphatic heterocycles. The molecule has 0 fully saturated rings. The summed E-state index contributed by atoms with van der Waals surface area (Å²) >= 11 is 0. The van der Waals surface area contributed by atoms with Crippen molar-refractivity contribution in [3.8, 4) is 5.69 Å². The summed E-state index contributed by atoms with van der Waals surface area (Å²) in [6.45, 7) is -1.54. The maximum atomic E-state index is 12.6. The van der Waals surface area contributed by atoms with Crippen molar-refractivity contribution in [2.75, 3.05) is 11.3 Å². The van der Waals surface area contributed by atoms with Crippen LogP contribution in [0, 0.1) is 0 Å². The predicted molar refractivity (Wildman–Crippen MR) is 108 cm³/mol. The molecule has 13 heteroatoms. The predicted octanol–water partition coefficient (Wildman–Crippen LogP) is 2.06. The Bertz CT molecular complexity index is 1250. The molecule has 1 heterocycles. The van der Waals surface area contributed by atoms with Gasteiger partial charge in [-0.3, -0.25) is 14.3 Å². The maximum absolute atomic E-state index is 12.6. The first-order chi connectivity index (χ1) is 14.9. The minimum absolute atomic E-state index is 0.0638. The molecule has 32 heavy (non-hydrogen) atoms. The number of primary amides is 1. The highest BCUT2D eigenvalue weighted by molar-refractivity contribution is 7.92. The number of nitrogens with zero attached hydrogens (tertiary/aromatic N) is 2. The summed E-state index contributed by atoms with van der Waals surface area (Å²) in [6, 6.07) is 12.0. The minimum Gasteiger partial charge on any atom is -0.364 e. The fourth-order valence-corrected chi connectivity index (χ4v) is 3.69. The molecule has 3 rings (SSSR count). The monoisotopic (exact) mass is 467 g/mol. The number of nitrogens with two attached hydrogens (primary N) is 1. The second-order valence-corrected chi connectivity index (χ2v) is 8.17. The van der Waals surface area contributed by atoms with Gasteiger partial charge in [0.2, 0.25) is 0 Å². The van der Waals surface area contributed by atoms with Gasteiger partial charge in [-0.1, -0.05) is 6.07 Å². The van der Waals surface area contributed by atoms with Gasteiger partial charge in [-0.15, -0.1) is 0 Å². The third kappa shape index (κ3) is 5.63. The van der Waals surface area contributed by atoms with Crippen LogP contribution in [0.3, 0.4) is 0 Å². The van der Waals surface area contributed by atoms with Crippen molar-refractivity contribution in [1.82, 2.24) is 15.1 Å². The molecule has 0 saturated heterocycles. The summed E-state index contributed by atoms with van der Waals surface area (Å²) in [5, 5.41) is 5.66. The molecule has 0 aliphatic rings. The van der Waals surface area contributed by atoms with Crippen LogP contribution in [0.2, 0.25) is 0 Å². The van der Waals surface area contributed by atoms with Gasteiger partial charge in [0, 0.05) is 17.4 Å². The Labute approximate surface area is 180 Å². The van der Waals surface area contributed by atoms with E-state index in [1.807, 2.05) is 0 Å². The molecule has 168 valence electrons. The van der Waals surface area contributed by atoms with Crippen molar-refractivity contribution in [3.05, 3.63) is 72.1 Å². The van der Waals surface area contributed by atoms with E-state index in [1.165, 1.54) is 59.4 Å². The fourth-order valence-electron chi connectivity index (χ4n) is 2.58. The molecule has 0 bridgehead atoms. The van der Waals surface area contributed by atoms with Crippen LogP contribution in [0.15, 0.2) is 65.7 Å². The molecule has 9 nitrogen and oxygen atoms in total. The van der Waals surface area contributed by atoms with E-state index in [1.54, 1.807) is 5.32 Å². The van der Waals surface area contributed by atoms with E-state index in [-0.39, 0.29) is 21.8 Å². The highest BCUT2D eigenvalue weighted by Gasteiger charge is 2.28. The lowest BCUT2D eigenvalue weighted by Crippen LogP contribution is -2.33. The number of nitrogens with one attached hydrogen (secondary N) is 2. The van der Waals surface area contributed by atoms with Crippen molar-refractivity contribution < 1.29 is 31.2 Å². The van der Waals surface area contributed by atoms with Crippen LogP contribution < -0.4 is 15.8 Å². The van der Waals surface area contributed by atoms with Crippen molar-refractivity contribution >= 4 is 27.5 Å². The summed E-state index contributed by atoms with van der Waals surface area (Å²) in [5.74, 6) is -1.75. The Morgan fingerprint density at radius 1 is 1.06 bits per heavy atom. The number of rotatable bonds is 7. The smallest absolute Gasteiger partial charge is 0.364 e. The van der Waals surface area contributed by atoms with Gasteiger partial charge in [0.1, 0.15) is 12.2 Å². The van der Waals surface area contributed by atoms with E-state index in [0.717, 1.165) is 6.07 Å². The van der Waals surface area contributed by atoms with Crippen molar-refractivity contribution in [1.29, 1.82) is 0 Å². The number of aromatic nitrogens is 2. The number of halogens is 3. The maximum Gasteiger partial charge on any atom is 0.405 e. The van der Waals surface area contributed by atoms with E-state index in [2.05, 4.69) is 9.82 Å². The van der Waals surface area contributed by atoms with Crippen molar-refractivity contribution in [3.63, 3.8) is 0 Å². The highest BCUT2D eigenvalue weighted by atomic mass is 32.2. The summed E-state index contributed by atoms with van der Waals surface area (Å²) in [6.07, 6.45) is -3.08. The van der Waals surface area contributed by atoms with Crippen LogP contribution in [0.25, 0.3) is 5.69 Å². The molecular formula is C19H16F3N5O4S. The van der Waals surface area contributed by atoms with Crippen LogP contribution in [0.5, 0.6) is 0 Å². The second kappa shape index (κ2) is 8.70. The number of hydrogen-bond donors (Lipinski definition) is 3. The molecule has 0 aliphatic carbocycles. The van der Waals surface area contributed by atoms with Gasteiger partial charge in [-0.05, 0) is 48.5 Å². The molecule has 0 radical (unpaired) electrons. The van der Waals surface area contributed by atoms with Gasteiger partial charge in [-0.2, -0.15) is 18.3 Å². The minimum atomic E-state index is -4.59. The molecule has 4 N–H and O–H groups in total. The normalized spacial score (nSPS) is 11.7. The van der Waals surface area contributed by atoms with Gasteiger partial charge < -0.3 is 11.1 Å². The van der Waals surface area contributed by atoms with E-state index in [0.29, 0.717) is 5.69 Å². The zero-order valence-electron chi connectivity index (χ0n) is 16.1. The molecule has 0 atom stereocenters. The Hall–Kier alpha value is -3.87. The van der Waals surface area contributed by atoms with Gasteiger partial charge in [-0.25, -0.2) is 13.1 Å². The summed E-state index contributed by atoms with van der Waals surface area (Å²) in [5.41, 5.74) is 5.69. The lowest BCUT2D eigenvalue weighted by atomic mass is 10.2. The summed E-state index contributed by atoms with van der Waals surface area (Å²) in [7, 11) is -4.13. The SMILES string of the molecule is NC(=O)c1ccn(-c2ccc(NS(=O)(=O)c3cccc(C(=O)NCC(F)(F)F)c3)cc2)n1. The van der Waals surface area contributed by atoms with E-state index < -0.39 is 34.6 Å². The Balaban J connectivity index is 1.74. The number of anilines is 1. The number of carbonyl (C=O) groups excluding carboxylic acids is 2. The average Bonchev–Trinajstić information content (AvgIpc) is 3.22. The number of sulfonamides is 1. The molecular weight excluding hydrogens is 451 g/mol. The topological polar surface area (TPSA) is 136 Å². The van der Waals surface area contributed by atoms with Gasteiger partial charge in [0.15, 0.2) is 0 Å². The Kier molecular flexibility index (Phi) is 6.20. The Morgan fingerprint density at radius 3 is 2.34 bits per heavy atom. The number of amides is 2. The quantitative estimate of drug-likeness (QED) is 0.489. The van der Waals surface area contributed by atoms with E-state index in [9.17, 15) is 31.2 Å². The standard InChI is InChI=1S/C19H16F3N5O4S/c20-19(21,22)11-24-18(29)12-2-1-3-15(10-12)32(30,31)26-13-4-6-14(7-5-13)27-9-8-16(25-27)17(23)28/h1-10,26H,11H2,(H2,23,28)(H,24,29). The molecule has 0 saturated carbocycles. The van der Waals surface area contributed by atoms with E-state index in [4.69, 9.17) is 5.73 Å². The third-order valence-electron chi connectivity index (χ3n) is 4.08. The fraction of sp³-hybridized carbons (Fsp3) is 0.105. The first-order valence-corrected chi connectivity index (χ1v) is 10.4. The summed E-state index contributed by atoms with van der Waals surface area (Å²) in [4.78, 5) is 22.7. The van der Waals surface area contributed by atoms with Gasteiger partial charge in [0.25, 0.3) is 21.8 Å². The number of alkyl halides is 3. The Morgan fingerprint density at radius 2 is 1.75 bits per heavy atom. The molecule has 3 aromatic rings. The largest absolute Gasteiger partial charge is 0.405 e. The van der Waals surface area contributed by atoms with Crippen LogP contribution in [-0.2, 0) is 10.0 Å². The van der Waals surface area contributed by atoms with Gasteiger partial charge >= 0.3 is 6.18 Å². The van der Waals surface area contributed by atoms with Crippen molar-refractivity contribution in [2.45, 2.75) is 11.1 Å². The molecule has 2 amide bonds. The summed E-state index contributed by atoms with van der Waals surface area (Å²) < 4.78 is 65.8. The average molecular weight is 467 g/mol. The lowest BCUT2D eigenvalue weighted by Gasteiger charge is -2.11. The molecule has 0 spiro atoms. The first-order valence-electron chi connectivity index (χ1n) is 8.88. The van der Waals surface area contributed by atoms with Crippen LogP contribution in [0.1, 0.15) is 20.8 Å². The van der Waals surface area contributed by atoms with Crippen LogP contribution in [-0.4, -0.2) is 42.7 Å². The van der Waals surface area contributed by atoms with E-state index >= 15 is 0 Å². The number of benzene rings is 2. The second-order valence-electron chi connectivity index (χ2n) is 6.49. The first kappa shape index (κ1) is 22.8.